The molecule has 0 heterocycles. The predicted molar refractivity (Wildman–Crippen MR) is 63.1 cm³/mol. The van der Waals surface area contributed by atoms with Gasteiger partial charge in [-0.3, -0.25) is 0 Å². The van der Waals surface area contributed by atoms with Crippen LogP contribution in [0.15, 0.2) is 35.9 Å². The Kier molecular flexibility index (Phi) is 4.69. The molecule has 0 radical (unpaired) electrons. The molecule has 0 saturated heterocycles. The van der Waals surface area contributed by atoms with E-state index in [0.717, 1.165) is 5.75 Å². The van der Waals surface area contributed by atoms with Crippen molar-refractivity contribution < 1.29 is 0 Å². The zero-order valence-electron chi connectivity index (χ0n) is 8.29. The molecule has 0 unspecified atom stereocenters. The Bertz CT molecular complexity index is 262. The summed E-state index contributed by atoms with van der Waals surface area (Å²) in [6.45, 7) is 4.39. The zero-order chi connectivity index (χ0) is 9.52. The highest BCUT2D eigenvalue weighted by Gasteiger charge is 1.90. The molecule has 0 aliphatic heterocycles. The Hall–Kier alpha value is -0.690. The first kappa shape index (κ1) is 10.4. The molecule has 0 aliphatic rings. The Morgan fingerprint density at radius 3 is 2.62 bits per heavy atom. The molecule has 0 nitrogen and oxygen atoms in total. The fraction of sp³-hybridized carbons (Fsp3) is 0.333. The Balaban J connectivity index is 2.55. The van der Waals surface area contributed by atoms with E-state index < -0.39 is 0 Å². The fourth-order valence-corrected chi connectivity index (χ4v) is 1.75. The van der Waals surface area contributed by atoms with Crippen LogP contribution in [0.2, 0.25) is 0 Å². The zero-order valence-corrected chi connectivity index (χ0v) is 9.10. The molecule has 70 valence electrons. The van der Waals surface area contributed by atoms with Crippen molar-refractivity contribution in [3.8, 4) is 0 Å². The summed E-state index contributed by atoms with van der Waals surface area (Å²) < 4.78 is 0. The van der Waals surface area contributed by atoms with Gasteiger partial charge in [0.15, 0.2) is 0 Å². The van der Waals surface area contributed by atoms with Gasteiger partial charge >= 0.3 is 0 Å². The lowest BCUT2D eigenvalue weighted by Crippen LogP contribution is -1.82. The maximum atomic E-state index is 2.25. The van der Waals surface area contributed by atoms with E-state index in [1.807, 2.05) is 17.8 Å². The molecule has 0 N–H and O–H groups in total. The lowest BCUT2D eigenvalue weighted by molar-refractivity contribution is 1.42. The molecule has 1 aromatic carbocycles. The minimum atomic E-state index is 1.14. The predicted octanol–water partition coefficient (Wildman–Crippen LogP) is 3.84. The fourth-order valence-electron chi connectivity index (χ4n) is 1.14. The molecule has 1 heteroatoms. The average molecular weight is 192 g/mol. The van der Waals surface area contributed by atoms with Gasteiger partial charge in [0.05, 0.1) is 0 Å². The van der Waals surface area contributed by atoms with Crippen LogP contribution in [0, 0.1) is 0 Å². The van der Waals surface area contributed by atoms with Gasteiger partial charge in [0.2, 0.25) is 0 Å². The van der Waals surface area contributed by atoms with Crippen molar-refractivity contribution in [3.05, 3.63) is 41.5 Å². The summed E-state index contributed by atoms with van der Waals surface area (Å²) in [5.74, 6) is 2.34. The number of hydrogen-bond donors (Lipinski definition) is 0. The van der Waals surface area contributed by atoms with Crippen LogP contribution in [0.1, 0.15) is 19.4 Å². The summed E-state index contributed by atoms with van der Waals surface area (Å²) in [5, 5.41) is 0. The van der Waals surface area contributed by atoms with Gasteiger partial charge in [0, 0.05) is 5.75 Å². The SMILES string of the molecule is CCSC/C(C)=C/c1ccccc1. The number of hydrogen-bond acceptors (Lipinski definition) is 1. The second-order valence-corrected chi connectivity index (χ2v) is 4.31. The van der Waals surface area contributed by atoms with Crippen LogP contribution >= 0.6 is 11.8 Å². The van der Waals surface area contributed by atoms with E-state index in [4.69, 9.17) is 0 Å². The smallest absolute Gasteiger partial charge is 0.0143 e. The molecule has 1 rings (SSSR count). The Morgan fingerprint density at radius 2 is 2.00 bits per heavy atom. The van der Waals surface area contributed by atoms with E-state index in [2.05, 4.69) is 44.2 Å². The van der Waals surface area contributed by atoms with Gasteiger partial charge in [-0.15, -0.1) is 0 Å². The molecule has 1 aromatic rings. The van der Waals surface area contributed by atoms with Gasteiger partial charge in [-0.25, -0.2) is 0 Å². The summed E-state index contributed by atoms with van der Waals surface area (Å²) in [5.41, 5.74) is 2.75. The maximum Gasteiger partial charge on any atom is 0.0143 e. The first-order valence-electron chi connectivity index (χ1n) is 4.63. The molecule has 0 aliphatic carbocycles. The third-order valence-corrected chi connectivity index (χ3v) is 2.81. The van der Waals surface area contributed by atoms with Crippen LogP contribution in [-0.4, -0.2) is 11.5 Å². The van der Waals surface area contributed by atoms with E-state index in [0.29, 0.717) is 0 Å². The first-order chi connectivity index (χ1) is 6.33. The number of rotatable bonds is 4. The van der Waals surface area contributed by atoms with Crippen molar-refractivity contribution in [1.82, 2.24) is 0 Å². The van der Waals surface area contributed by atoms with E-state index in [-0.39, 0.29) is 0 Å². The molecule has 0 saturated carbocycles. The van der Waals surface area contributed by atoms with Crippen molar-refractivity contribution in [2.75, 3.05) is 11.5 Å². The maximum absolute atomic E-state index is 2.25. The summed E-state index contributed by atoms with van der Waals surface area (Å²) in [6.07, 6.45) is 2.25. The van der Waals surface area contributed by atoms with Crippen molar-refractivity contribution in [1.29, 1.82) is 0 Å². The largest absolute Gasteiger partial charge is 0.158 e. The molecule has 0 spiro atoms. The Labute approximate surface area is 85.1 Å². The Morgan fingerprint density at radius 1 is 1.31 bits per heavy atom. The van der Waals surface area contributed by atoms with Gasteiger partial charge in [-0.1, -0.05) is 48.9 Å². The first-order valence-corrected chi connectivity index (χ1v) is 5.78. The van der Waals surface area contributed by atoms with Crippen molar-refractivity contribution in [2.24, 2.45) is 0 Å². The highest BCUT2D eigenvalue weighted by atomic mass is 32.2. The second kappa shape index (κ2) is 5.87. The van der Waals surface area contributed by atoms with E-state index in [9.17, 15) is 0 Å². The van der Waals surface area contributed by atoms with Gasteiger partial charge in [0.25, 0.3) is 0 Å². The summed E-state index contributed by atoms with van der Waals surface area (Å²) in [6, 6.07) is 10.5. The normalized spacial score (nSPS) is 11.7. The van der Waals surface area contributed by atoms with Crippen LogP contribution in [-0.2, 0) is 0 Å². The summed E-state index contributed by atoms with van der Waals surface area (Å²) in [7, 11) is 0. The molecule has 0 amide bonds. The summed E-state index contributed by atoms with van der Waals surface area (Å²) >= 11 is 1.97. The lowest BCUT2D eigenvalue weighted by atomic mass is 10.1. The molecular formula is C12H16S. The van der Waals surface area contributed by atoms with Crippen molar-refractivity contribution in [2.45, 2.75) is 13.8 Å². The van der Waals surface area contributed by atoms with Crippen molar-refractivity contribution in [3.63, 3.8) is 0 Å². The lowest BCUT2D eigenvalue weighted by Gasteiger charge is -1.99. The van der Waals surface area contributed by atoms with E-state index >= 15 is 0 Å². The third-order valence-electron chi connectivity index (χ3n) is 1.75. The number of benzene rings is 1. The van der Waals surface area contributed by atoms with Gasteiger partial charge in [-0.2, -0.15) is 11.8 Å². The number of thioether (sulfide) groups is 1. The molecule has 0 aromatic heterocycles. The molecule has 0 atom stereocenters. The van der Waals surface area contributed by atoms with Crippen molar-refractivity contribution >= 4 is 17.8 Å². The second-order valence-electron chi connectivity index (χ2n) is 3.04. The van der Waals surface area contributed by atoms with Crippen LogP contribution in [0.3, 0.4) is 0 Å². The topological polar surface area (TPSA) is 0 Å². The average Bonchev–Trinajstić information content (AvgIpc) is 2.16. The van der Waals surface area contributed by atoms with Gasteiger partial charge in [-0.05, 0) is 18.2 Å². The highest BCUT2D eigenvalue weighted by Crippen LogP contribution is 2.11. The highest BCUT2D eigenvalue weighted by molar-refractivity contribution is 7.99. The third kappa shape index (κ3) is 4.18. The minimum absolute atomic E-state index is 1.14. The van der Waals surface area contributed by atoms with Crippen LogP contribution < -0.4 is 0 Å². The molecule has 0 bridgehead atoms. The minimum Gasteiger partial charge on any atom is -0.158 e. The van der Waals surface area contributed by atoms with E-state index in [1.165, 1.54) is 16.9 Å². The van der Waals surface area contributed by atoms with E-state index in [1.54, 1.807) is 0 Å². The summed E-state index contributed by atoms with van der Waals surface area (Å²) in [4.78, 5) is 0. The van der Waals surface area contributed by atoms with Gasteiger partial charge < -0.3 is 0 Å². The van der Waals surface area contributed by atoms with Crippen LogP contribution in [0.25, 0.3) is 6.08 Å². The molecule has 0 fully saturated rings. The van der Waals surface area contributed by atoms with Crippen LogP contribution in [0.5, 0.6) is 0 Å². The molecular weight excluding hydrogens is 176 g/mol. The van der Waals surface area contributed by atoms with Gasteiger partial charge in [0.1, 0.15) is 0 Å². The molecule has 13 heavy (non-hydrogen) atoms. The quantitative estimate of drug-likeness (QED) is 0.698. The standard InChI is InChI=1S/C12H16S/c1-3-13-10-11(2)9-12-7-5-4-6-8-12/h4-9H,3,10H2,1-2H3/b11-9+. The monoisotopic (exact) mass is 192 g/mol. The van der Waals surface area contributed by atoms with Crippen LogP contribution in [0.4, 0.5) is 0 Å².